The zero-order chi connectivity index (χ0) is 15.0. The van der Waals surface area contributed by atoms with Crippen LogP contribution in [0.5, 0.6) is 0 Å². The van der Waals surface area contributed by atoms with Gasteiger partial charge in [0.25, 0.3) is 0 Å². The third-order valence-electron chi connectivity index (χ3n) is 3.92. The van der Waals surface area contributed by atoms with Gasteiger partial charge in [-0.1, -0.05) is 24.3 Å². The van der Waals surface area contributed by atoms with Crippen LogP contribution in [0.25, 0.3) is 11.1 Å². The van der Waals surface area contributed by atoms with Crippen molar-refractivity contribution in [1.82, 2.24) is 4.72 Å². The Kier molecular flexibility index (Phi) is 3.90. The number of sulfonamides is 1. The monoisotopic (exact) mass is 321 g/mol. The zero-order valence-electron chi connectivity index (χ0n) is 12.1. The van der Waals surface area contributed by atoms with Gasteiger partial charge in [-0.2, -0.15) is 11.3 Å². The Morgan fingerprint density at radius 2 is 1.86 bits per heavy atom. The first-order chi connectivity index (χ1) is 9.97. The molecule has 1 aliphatic carbocycles. The van der Waals surface area contributed by atoms with Crippen LogP contribution in [-0.4, -0.2) is 19.7 Å². The summed E-state index contributed by atoms with van der Waals surface area (Å²) in [6, 6.07) is 10.6. The Morgan fingerprint density at radius 1 is 1.14 bits per heavy atom. The van der Waals surface area contributed by atoms with Gasteiger partial charge in [-0.15, -0.1) is 0 Å². The second-order valence-corrected chi connectivity index (χ2v) is 8.84. The van der Waals surface area contributed by atoms with E-state index in [9.17, 15) is 8.42 Å². The molecule has 2 aromatic rings. The largest absolute Gasteiger partial charge is 0.214 e. The van der Waals surface area contributed by atoms with E-state index in [0.29, 0.717) is 5.92 Å². The standard InChI is InChI=1S/C16H19NO2S2/c1-11(2)21(18,19)17-16-9-15(16)13-5-3-12(4-6-13)14-7-8-20-10-14/h3-8,10-11,15-17H,9H2,1-2H3/t15-,16+/m1/s1. The highest BCUT2D eigenvalue weighted by molar-refractivity contribution is 7.90. The first kappa shape index (κ1) is 14.8. The maximum Gasteiger partial charge on any atom is 0.214 e. The number of thiophene rings is 1. The van der Waals surface area contributed by atoms with Crippen LogP contribution in [0.15, 0.2) is 41.1 Å². The summed E-state index contributed by atoms with van der Waals surface area (Å²) in [5.41, 5.74) is 3.66. The van der Waals surface area contributed by atoms with Crippen LogP contribution >= 0.6 is 11.3 Å². The molecule has 1 saturated carbocycles. The Labute approximate surface area is 130 Å². The fraction of sp³-hybridized carbons (Fsp3) is 0.375. The molecule has 0 unspecified atom stereocenters. The Balaban J connectivity index is 1.67. The van der Waals surface area contributed by atoms with Gasteiger partial charge in [-0.25, -0.2) is 13.1 Å². The molecule has 5 heteroatoms. The number of nitrogens with one attached hydrogen (secondary N) is 1. The minimum absolute atomic E-state index is 0.0596. The molecule has 0 radical (unpaired) electrons. The van der Waals surface area contributed by atoms with Crippen LogP contribution in [0.4, 0.5) is 0 Å². The molecule has 0 aliphatic heterocycles. The van der Waals surface area contributed by atoms with Gasteiger partial charge in [0, 0.05) is 12.0 Å². The summed E-state index contributed by atoms with van der Waals surface area (Å²) in [5, 5.41) is 3.83. The Bertz CT molecular complexity index is 703. The van der Waals surface area contributed by atoms with Gasteiger partial charge in [0.05, 0.1) is 5.25 Å². The lowest BCUT2D eigenvalue weighted by Gasteiger charge is -2.09. The highest BCUT2D eigenvalue weighted by Gasteiger charge is 2.41. The maximum atomic E-state index is 11.9. The molecule has 0 saturated heterocycles. The van der Waals surface area contributed by atoms with E-state index in [1.807, 2.05) is 0 Å². The quantitative estimate of drug-likeness (QED) is 0.914. The van der Waals surface area contributed by atoms with Gasteiger partial charge in [0.15, 0.2) is 0 Å². The molecular formula is C16H19NO2S2. The van der Waals surface area contributed by atoms with E-state index < -0.39 is 10.0 Å². The van der Waals surface area contributed by atoms with Crippen molar-refractivity contribution in [3.63, 3.8) is 0 Å². The molecule has 1 N–H and O–H groups in total. The highest BCUT2D eigenvalue weighted by Crippen LogP contribution is 2.41. The molecule has 1 fully saturated rings. The highest BCUT2D eigenvalue weighted by atomic mass is 32.2. The fourth-order valence-electron chi connectivity index (χ4n) is 2.39. The molecule has 3 nitrogen and oxygen atoms in total. The van der Waals surface area contributed by atoms with Crippen LogP contribution in [0.1, 0.15) is 31.7 Å². The minimum Gasteiger partial charge on any atom is -0.212 e. The number of hydrogen-bond acceptors (Lipinski definition) is 3. The number of rotatable bonds is 5. The van der Waals surface area contributed by atoms with Crippen molar-refractivity contribution in [2.45, 2.75) is 37.5 Å². The van der Waals surface area contributed by atoms with Crippen molar-refractivity contribution >= 4 is 21.4 Å². The van der Waals surface area contributed by atoms with Gasteiger partial charge in [0.2, 0.25) is 10.0 Å². The van der Waals surface area contributed by atoms with Gasteiger partial charge in [-0.05, 0) is 53.8 Å². The lowest BCUT2D eigenvalue weighted by atomic mass is 10.0. The zero-order valence-corrected chi connectivity index (χ0v) is 13.7. The molecule has 3 rings (SSSR count). The summed E-state index contributed by atoms with van der Waals surface area (Å²) in [4.78, 5) is 0. The number of benzene rings is 1. The minimum atomic E-state index is -3.17. The van der Waals surface area contributed by atoms with Crippen molar-refractivity contribution in [2.75, 3.05) is 0 Å². The van der Waals surface area contributed by atoms with Crippen LogP contribution in [-0.2, 0) is 10.0 Å². The van der Waals surface area contributed by atoms with Crippen LogP contribution in [0.3, 0.4) is 0 Å². The van der Waals surface area contributed by atoms with E-state index in [2.05, 4.69) is 45.8 Å². The van der Waals surface area contributed by atoms with Gasteiger partial charge >= 0.3 is 0 Å². The van der Waals surface area contributed by atoms with Crippen molar-refractivity contribution < 1.29 is 8.42 Å². The average Bonchev–Trinajstić information content (AvgIpc) is 2.99. The molecular weight excluding hydrogens is 302 g/mol. The van der Waals surface area contributed by atoms with Crippen molar-refractivity contribution in [3.8, 4) is 11.1 Å². The lowest BCUT2D eigenvalue weighted by molar-refractivity contribution is 0.571. The number of hydrogen-bond donors (Lipinski definition) is 1. The van der Waals surface area contributed by atoms with E-state index in [1.165, 1.54) is 16.7 Å². The topological polar surface area (TPSA) is 46.2 Å². The smallest absolute Gasteiger partial charge is 0.212 e. The van der Waals surface area contributed by atoms with Crippen LogP contribution < -0.4 is 4.72 Å². The average molecular weight is 321 g/mol. The van der Waals surface area contributed by atoms with Crippen molar-refractivity contribution in [2.24, 2.45) is 0 Å². The summed E-state index contributed by atoms with van der Waals surface area (Å²) in [6.45, 7) is 3.41. The summed E-state index contributed by atoms with van der Waals surface area (Å²) >= 11 is 1.69. The third kappa shape index (κ3) is 3.20. The van der Waals surface area contributed by atoms with E-state index in [1.54, 1.807) is 25.2 Å². The van der Waals surface area contributed by atoms with Crippen molar-refractivity contribution in [1.29, 1.82) is 0 Å². The van der Waals surface area contributed by atoms with Crippen molar-refractivity contribution in [3.05, 3.63) is 46.7 Å². The Hall–Kier alpha value is -1.17. The maximum absolute atomic E-state index is 11.9. The van der Waals surface area contributed by atoms with Gasteiger partial charge in [0.1, 0.15) is 0 Å². The second-order valence-electron chi connectivity index (χ2n) is 5.79. The van der Waals surface area contributed by atoms with E-state index in [0.717, 1.165) is 6.42 Å². The molecule has 1 aromatic heterocycles. The van der Waals surface area contributed by atoms with Crippen LogP contribution in [0.2, 0.25) is 0 Å². The van der Waals surface area contributed by atoms with E-state index >= 15 is 0 Å². The molecule has 0 amide bonds. The predicted octanol–water partition coefficient (Wildman–Crippen LogP) is 3.60. The summed E-state index contributed by atoms with van der Waals surface area (Å²) in [5.74, 6) is 0.315. The second kappa shape index (κ2) is 5.55. The summed E-state index contributed by atoms with van der Waals surface area (Å²) in [7, 11) is -3.17. The third-order valence-corrected chi connectivity index (χ3v) is 6.48. The lowest BCUT2D eigenvalue weighted by Crippen LogP contribution is -2.33. The van der Waals surface area contributed by atoms with E-state index in [-0.39, 0.29) is 11.3 Å². The molecule has 1 heterocycles. The fourth-order valence-corrected chi connectivity index (χ4v) is 4.01. The van der Waals surface area contributed by atoms with Gasteiger partial charge in [-0.3, -0.25) is 0 Å². The molecule has 1 aliphatic rings. The predicted molar refractivity (Wildman–Crippen MR) is 88.1 cm³/mol. The molecule has 1 aromatic carbocycles. The molecule has 112 valence electrons. The first-order valence-electron chi connectivity index (χ1n) is 7.11. The van der Waals surface area contributed by atoms with Crippen LogP contribution in [0, 0.1) is 0 Å². The molecule has 0 spiro atoms. The first-order valence-corrected chi connectivity index (χ1v) is 9.60. The summed E-state index contributed by atoms with van der Waals surface area (Å²) < 4.78 is 26.5. The molecule has 21 heavy (non-hydrogen) atoms. The SMILES string of the molecule is CC(C)S(=O)(=O)N[C@H]1C[C@@H]1c1ccc(-c2ccsc2)cc1. The van der Waals surface area contributed by atoms with E-state index in [4.69, 9.17) is 0 Å². The normalized spacial score (nSPS) is 21.7. The van der Waals surface area contributed by atoms with Gasteiger partial charge < -0.3 is 0 Å². The summed E-state index contributed by atoms with van der Waals surface area (Å²) in [6.07, 6.45) is 0.893. The Morgan fingerprint density at radius 3 is 2.43 bits per heavy atom. The molecule has 0 bridgehead atoms. The molecule has 2 atom stereocenters.